The molecule has 0 fully saturated rings. The average molecular weight is 365 g/mol. The molecule has 0 saturated carbocycles. The molecular weight excluding hydrogens is 346 g/mol. The highest BCUT2D eigenvalue weighted by Crippen LogP contribution is 2.25. The van der Waals surface area contributed by atoms with Crippen LogP contribution in [-0.4, -0.2) is 35.8 Å². The van der Waals surface area contributed by atoms with Gasteiger partial charge in [0.2, 0.25) is 0 Å². The van der Waals surface area contributed by atoms with Crippen molar-refractivity contribution in [1.29, 1.82) is 0 Å². The molecule has 138 valence electrons. The fourth-order valence-corrected chi connectivity index (χ4v) is 2.50. The summed E-state index contributed by atoms with van der Waals surface area (Å²) in [5.74, 6) is -0.590. The lowest BCUT2D eigenvalue weighted by Crippen LogP contribution is -2.21. The summed E-state index contributed by atoms with van der Waals surface area (Å²) in [7, 11) is 1.52. The number of nitrogens with zero attached hydrogens (tertiary/aromatic N) is 1. The fraction of sp³-hybridized carbons (Fsp3) is 0.150. The van der Waals surface area contributed by atoms with Crippen LogP contribution in [0.5, 0.6) is 5.75 Å². The number of aryl methyl sites for hydroxylation is 1. The van der Waals surface area contributed by atoms with E-state index in [0.29, 0.717) is 17.1 Å². The number of esters is 1. The quantitative estimate of drug-likeness (QED) is 0.655. The van der Waals surface area contributed by atoms with Crippen molar-refractivity contribution < 1.29 is 19.1 Å². The van der Waals surface area contributed by atoms with Gasteiger partial charge in [-0.2, -0.15) is 5.10 Å². The topological polar surface area (TPSA) is 93.3 Å². The van der Waals surface area contributed by atoms with E-state index >= 15 is 0 Å². The Bertz CT molecular complexity index is 951. The lowest BCUT2D eigenvalue weighted by molar-refractivity contribution is -0.119. The third-order valence-electron chi connectivity index (χ3n) is 3.83. The number of methoxy groups -OCH3 is 1. The van der Waals surface area contributed by atoms with Gasteiger partial charge in [0.1, 0.15) is 11.4 Å². The molecule has 0 aliphatic carbocycles. The number of hydrogen-bond acceptors (Lipinski definition) is 5. The molecule has 2 aromatic carbocycles. The Hall–Kier alpha value is -3.61. The molecular formula is C20H19N3O4. The van der Waals surface area contributed by atoms with E-state index in [1.807, 2.05) is 43.3 Å². The van der Waals surface area contributed by atoms with Gasteiger partial charge in [0.15, 0.2) is 6.61 Å². The number of anilines is 1. The van der Waals surface area contributed by atoms with Crippen molar-refractivity contribution in [2.24, 2.45) is 0 Å². The first-order valence-corrected chi connectivity index (χ1v) is 8.29. The summed E-state index contributed by atoms with van der Waals surface area (Å²) in [6, 6.07) is 16.4. The van der Waals surface area contributed by atoms with Crippen LogP contribution in [0.4, 0.5) is 5.69 Å². The van der Waals surface area contributed by atoms with Gasteiger partial charge >= 0.3 is 5.97 Å². The average Bonchev–Trinajstić information content (AvgIpc) is 3.17. The van der Waals surface area contributed by atoms with E-state index in [1.165, 1.54) is 7.11 Å². The van der Waals surface area contributed by atoms with Crippen LogP contribution < -0.4 is 10.1 Å². The van der Waals surface area contributed by atoms with Crippen molar-refractivity contribution in [2.75, 3.05) is 19.0 Å². The van der Waals surface area contributed by atoms with Crippen LogP contribution in [0.15, 0.2) is 54.6 Å². The summed E-state index contributed by atoms with van der Waals surface area (Å²) in [5, 5.41) is 9.39. The maximum absolute atomic E-state index is 12.1. The minimum Gasteiger partial charge on any atom is -0.495 e. The van der Waals surface area contributed by atoms with Gasteiger partial charge < -0.3 is 14.8 Å². The Kier molecular flexibility index (Phi) is 5.51. The van der Waals surface area contributed by atoms with Crippen LogP contribution in [0.2, 0.25) is 0 Å². The second-order valence-electron chi connectivity index (χ2n) is 5.86. The summed E-state index contributed by atoms with van der Waals surface area (Å²) in [6.45, 7) is 1.48. The maximum atomic E-state index is 12.1. The molecule has 0 saturated heterocycles. The van der Waals surface area contributed by atoms with Crippen LogP contribution in [0, 0.1) is 6.92 Å². The first-order valence-electron chi connectivity index (χ1n) is 8.29. The zero-order valence-corrected chi connectivity index (χ0v) is 15.0. The Morgan fingerprint density at radius 2 is 1.89 bits per heavy atom. The SMILES string of the molecule is COc1ccc(C)cc1NC(=O)COC(=O)c1cc(-c2ccccc2)n[nH]1. The van der Waals surface area contributed by atoms with Crippen molar-refractivity contribution in [3.63, 3.8) is 0 Å². The van der Waals surface area contributed by atoms with E-state index in [2.05, 4.69) is 15.5 Å². The number of carbonyl (C=O) groups excluding carboxylic acids is 2. The van der Waals surface area contributed by atoms with Crippen LogP contribution in [-0.2, 0) is 9.53 Å². The minimum absolute atomic E-state index is 0.176. The highest BCUT2D eigenvalue weighted by Gasteiger charge is 2.15. The lowest BCUT2D eigenvalue weighted by Gasteiger charge is -2.11. The molecule has 0 aliphatic heterocycles. The second-order valence-corrected chi connectivity index (χ2v) is 5.86. The Balaban J connectivity index is 1.59. The van der Waals surface area contributed by atoms with Gasteiger partial charge in [-0.1, -0.05) is 36.4 Å². The number of aromatic amines is 1. The number of amides is 1. The number of ether oxygens (including phenoxy) is 2. The standard InChI is InChI=1S/C20H19N3O4/c1-13-8-9-18(26-2)16(10-13)21-19(24)12-27-20(25)17-11-15(22-23-17)14-6-4-3-5-7-14/h3-11H,12H2,1-2H3,(H,21,24)(H,22,23). The van der Waals surface area contributed by atoms with E-state index in [1.54, 1.807) is 18.2 Å². The van der Waals surface area contributed by atoms with Crippen molar-refractivity contribution in [3.8, 4) is 17.0 Å². The van der Waals surface area contributed by atoms with Crippen molar-refractivity contribution >= 4 is 17.6 Å². The molecule has 3 rings (SSSR count). The highest BCUT2D eigenvalue weighted by molar-refractivity contribution is 5.96. The van der Waals surface area contributed by atoms with Gasteiger partial charge in [-0.05, 0) is 30.7 Å². The van der Waals surface area contributed by atoms with Crippen molar-refractivity contribution in [3.05, 3.63) is 65.9 Å². The Morgan fingerprint density at radius 3 is 2.63 bits per heavy atom. The van der Waals surface area contributed by atoms with Gasteiger partial charge in [-0.15, -0.1) is 0 Å². The van der Waals surface area contributed by atoms with E-state index in [4.69, 9.17) is 9.47 Å². The molecule has 27 heavy (non-hydrogen) atoms. The van der Waals surface area contributed by atoms with Gasteiger partial charge in [-0.3, -0.25) is 9.89 Å². The predicted molar refractivity (Wildman–Crippen MR) is 101 cm³/mol. The van der Waals surface area contributed by atoms with Crippen LogP contribution in [0.3, 0.4) is 0 Å². The van der Waals surface area contributed by atoms with Crippen molar-refractivity contribution in [1.82, 2.24) is 10.2 Å². The van der Waals surface area contributed by atoms with Crippen molar-refractivity contribution in [2.45, 2.75) is 6.92 Å². The maximum Gasteiger partial charge on any atom is 0.356 e. The summed E-state index contributed by atoms with van der Waals surface area (Å²) in [5.41, 5.74) is 3.16. The molecule has 7 heteroatoms. The fourth-order valence-electron chi connectivity index (χ4n) is 2.50. The monoisotopic (exact) mass is 365 g/mol. The number of hydrogen-bond donors (Lipinski definition) is 2. The second kappa shape index (κ2) is 8.18. The van der Waals surface area contributed by atoms with E-state index < -0.39 is 18.5 Å². The lowest BCUT2D eigenvalue weighted by atomic mass is 10.1. The third-order valence-corrected chi connectivity index (χ3v) is 3.83. The summed E-state index contributed by atoms with van der Waals surface area (Å²) in [6.07, 6.45) is 0. The molecule has 0 unspecified atom stereocenters. The summed E-state index contributed by atoms with van der Waals surface area (Å²) in [4.78, 5) is 24.2. The molecule has 1 amide bonds. The Labute approximate surface area is 156 Å². The molecule has 0 spiro atoms. The Morgan fingerprint density at radius 1 is 1.11 bits per heavy atom. The van der Waals surface area contributed by atoms with Crippen LogP contribution >= 0.6 is 0 Å². The molecule has 3 aromatic rings. The van der Waals surface area contributed by atoms with Gasteiger partial charge in [-0.25, -0.2) is 4.79 Å². The number of nitrogens with one attached hydrogen (secondary N) is 2. The van der Waals surface area contributed by atoms with Gasteiger partial charge in [0.25, 0.3) is 5.91 Å². The predicted octanol–water partition coefficient (Wildman–Crippen LogP) is 3.19. The largest absolute Gasteiger partial charge is 0.495 e. The van der Waals surface area contributed by atoms with Gasteiger partial charge in [0.05, 0.1) is 18.5 Å². The first-order chi connectivity index (χ1) is 13.1. The summed E-state index contributed by atoms with van der Waals surface area (Å²) >= 11 is 0. The smallest absolute Gasteiger partial charge is 0.356 e. The number of rotatable bonds is 6. The van der Waals surface area contributed by atoms with E-state index in [0.717, 1.165) is 11.1 Å². The first kappa shape index (κ1) is 18.2. The zero-order valence-electron chi connectivity index (χ0n) is 15.0. The molecule has 2 N–H and O–H groups in total. The molecule has 7 nitrogen and oxygen atoms in total. The molecule has 1 heterocycles. The molecule has 0 radical (unpaired) electrons. The highest BCUT2D eigenvalue weighted by atomic mass is 16.5. The molecule has 0 atom stereocenters. The normalized spacial score (nSPS) is 10.3. The minimum atomic E-state index is -0.656. The van der Waals surface area contributed by atoms with Crippen LogP contribution in [0.1, 0.15) is 16.1 Å². The molecule has 0 aliphatic rings. The summed E-state index contributed by atoms with van der Waals surface area (Å²) < 4.78 is 10.3. The molecule has 1 aromatic heterocycles. The number of aromatic nitrogens is 2. The van der Waals surface area contributed by atoms with E-state index in [-0.39, 0.29) is 5.69 Å². The molecule has 0 bridgehead atoms. The number of carbonyl (C=O) groups is 2. The zero-order chi connectivity index (χ0) is 19.2. The number of benzene rings is 2. The van der Waals surface area contributed by atoms with Gasteiger partial charge in [0, 0.05) is 5.56 Å². The van der Waals surface area contributed by atoms with E-state index in [9.17, 15) is 9.59 Å². The number of H-pyrrole nitrogens is 1. The third kappa shape index (κ3) is 4.52. The van der Waals surface area contributed by atoms with Crippen LogP contribution in [0.25, 0.3) is 11.3 Å².